The largest absolute Gasteiger partial charge is 0.356 e. The van der Waals surface area contributed by atoms with Gasteiger partial charge in [-0.1, -0.05) is 30.3 Å². The molecule has 1 aliphatic rings. The minimum atomic E-state index is -0.358. The number of nitrogens with one attached hydrogen (secondary N) is 1. The third-order valence-electron chi connectivity index (χ3n) is 3.52. The van der Waals surface area contributed by atoms with Gasteiger partial charge in [-0.2, -0.15) is 9.36 Å². The van der Waals surface area contributed by atoms with Crippen molar-refractivity contribution in [2.24, 2.45) is 5.73 Å². The van der Waals surface area contributed by atoms with Crippen LogP contribution in [0.5, 0.6) is 0 Å². The fourth-order valence-electron chi connectivity index (χ4n) is 2.46. The van der Waals surface area contributed by atoms with Crippen LogP contribution in [0.4, 0.5) is 9.93 Å². The second-order valence-corrected chi connectivity index (χ2v) is 5.81. The Hall–Kier alpha value is -2.15. The van der Waals surface area contributed by atoms with Crippen LogP contribution in [0, 0.1) is 0 Å². The molecule has 6 nitrogen and oxygen atoms in total. The second kappa shape index (κ2) is 6.09. The number of hydrogen-bond acceptors (Lipinski definition) is 5. The number of carbonyl (C=O) groups excluding carboxylic acids is 1. The summed E-state index contributed by atoms with van der Waals surface area (Å²) in [5.41, 5.74) is 6.34. The van der Waals surface area contributed by atoms with Gasteiger partial charge in [0, 0.05) is 36.2 Å². The average molecular weight is 303 g/mol. The van der Waals surface area contributed by atoms with E-state index in [1.54, 1.807) is 4.90 Å². The Morgan fingerprint density at radius 2 is 2.19 bits per heavy atom. The lowest BCUT2D eigenvalue weighted by molar-refractivity contribution is 0.192. The number of aromatic nitrogens is 2. The number of carbonyl (C=O) groups is 1. The molecule has 3 N–H and O–H groups in total. The molecule has 0 aliphatic carbocycles. The molecule has 2 amide bonds. The van der Waals surface area contributed by atoms with E-state index in [0.717, 1.165) is 35.9 Å². The standard InChI is InChI=1S/C14H17N5OS/c15-13(20)19-8-4-7-11(9-19)16-14-17-12(18-21-14)10-5-2-1-3-6-10/h1-3,5-6,11H,4,7-9H2,(H2,15,20)(H,16,17,18). The molecule has 110 valence electrons. The van der Waals surface area contributed by atoms with E-state index in [2.05, 4.69) is 14.7 Å². The average Bonchev–Trinajstić information content (AvgIpc) is 2.97. The molecule has 0 spiro atoms. The van der Waals surface area contributed by atoms with Crippen molar-refractivity contribution in [2.75, 3.05) is 18.4 Å². The highest BCUT2D eigenvalue weighted by atomic mass is 32.1. The summed E-state index contributed by atoms with van der Waals surface area (Å²) in [5, 5.41) is 4.13. The number of piperidine rings is 1. The number of urea groups is 1. The first-order valence-electron chi connectivity index (χ1n) is 6.92. The SMILES string of the molecule is NC(=O)N1CCCC(Nc2nc(-c3ccccc3)ns2)C1. The number of amides is 2. The van der Waals surface area contributed by atoms with E-state index >= 15 is 0 Å². The van der Waals surface area contributed by atoms with Crippen molar-refractivity contribution >= 4 is 22.7 Å². The second-order valence-electron chi connectivity index (χ2n) is 5.06. The Labute approximate surface area is 127 Å². The molecule has 0 bridgehead atoms. The van der Waals surface area contributed by atoms with Crippen LogP contribution < -0.4 is 11.1 Å². The van der Waals surface area contributed by atoms with Gasteiger partial charge in [-0.3, -0.25) is 0 Å². The molecule has 21 heavy (non-hydrogen) atoms. The summed E-state index contributed by atoms with van der Waals surface area (Å²) in [6.45, 7) is 1.36. The Kier molecular flexibility index (Phi) is 4.01. The van der Waals surface area contributed by atoms with E-state index < -0.39 is 0 Å². The lowest BCUT2D eigenvalue weighted by atomic mass is 10.1. The maximum atomic E-state index is 11.2. The first kappa shape index (κ1) is 13.8. The molecule has 2 aromatic rings. The molecule has 1 fully saturated rings. The maximum absolute atomic E-state index is 11.2. The lowest BCUT2D eigenvalue weighted by Crippen LogP contribution is -2.47. The van der Waals surface area contributed by atoms with Crippen molar-refractivity contribution in [1.82, 2.24) is 14.3 Å². The molecule has 3 rings (SSSR count). The zero-order valence-corrected chi connectivity index (χ0v) is 12.3. The summed E-state index contributed by atoms with van der Waals surface area (Å²) in [7, 11) is 0. The number of likely N-dealkylation sites (tertiary alicyclic amines) is 1. The monoisotopic (exact) mass is 303 g/mol. The zero-order chi connectivity index (χ0) is 14.7. The van der Waals surface area contributed by atoms with E-state index in [0.29, 0.717) is 6.54 Å². The normalized spacial score (nSPS) is 18.5. The molecule has 2 heterocycles. The quantitative estimate of drug-likeness (QED) is 0.910. The van der Waals surface area contributed by atoms with Crippen LogP contribution in [-0.4, -0.2) is 39.4 Å². The van der Waals surface area contributed by atoms with Crippen LogP contribution >= 0.6 is 11.5 Å². The van der Waals surface area contributed by atoms with E-state index in [1.807, 2.05) is 30.3 Å². The predicted octanol–water partition coefficient (Wildman–Crippen LogP) is 2.16. The topological polar surface area (TPSA) is 84.1 Å². The summed E-state index contributed by atoms with van der Waals surface area (Å²) < 4.78 is 4.37. The van der Waals surface area contributed by atoms with Crippen molar-refractivity contribution in [3.05, 3.63) is 30.3 Å². The highest BCUT2D eigenvalue weighted by molar-refractivity contribution is 7.09. The summed E-state index contributed by atoms with van der Waals surface area (Å²) >= 11 is 1.34. The molecule has 0 saturated carbocycles. The number of benzene rings is 1. The van der Waals surface area contributed by atoms with Crippen molar-refractivity contribution < 1.29 is 4.79 Å². The van der Waals surface area contributed by atoms with Crippen LogP contribution in [-0.2, 0) is 0 Å². The van der Waals surface area contributed by atoms with Gasteiger partial charge in [0.1, 0.15) is 0 Å². The van der Waals surface area contributed by atoms with Crippen molar-refractivity contribution in [3.63, 3.8) is 0 Å². The van der Waals surface area contributed by atoms with Gasteiger partial charge in [-0.05, 0) is 12.8 Å². The van der Waals surface area contributed by atoms with Gasteiger partial charge < -0.3 is 16.0 Å². The van der Waals surface area contributed by atoms with Gasteiger partial charge in [-0.15, -0.1) is 0 Å². The van der Waals surface area contributed by atoms with Gasteiger partial charge in [0.25, 0.3) is 0 Å². The number of anilines is 1. The minimum absolute atomic E-state index is 0.183. The van der Waals surface area contributed by atoms with Crippen LogP contribution in [0.25, 0.3) is 11.4 Å². The van der Waals surface area contributed by atoms with E-state index in [9.17, 15) is 4.79 Å². The van der Waals surface area contributed by atoms with Gasteiger partial charge in [0.15, 0.2) is 5.82 Å². The molecule has 1 atom stereocenters. The summed E-state index contributed by atoms with van der Waals surface area (Å²) in [6, 6.07) is 9.70. The Bertz CT molecular complexity index is 615. The van der Waals surface area contributed by atoms with Gasteiger partial charge in [-0.25, -0.2) is 4.79 Å². The Morgan fingerprint density at radius 3 is 2.95 bits per heavy atom. The molecular formula is C14H17N5OS. The maximum Gasteiger partial charge on any atom is 0.314 e. The molecule has 1 saturated heterocycles. The van der Waals surface area contributed by atoms with Gasteiger partial charge in [0.2, 0.25) is 5.13 Å². The Balaban J connectivity index is 1.66. The molecule has 1 aromatic carbocycles. The van der Waals surface area contributed by atoms with E-state index in [4.69, 9.17) is 5.73 Å². The van der Waals surface area contributed by atoms with Crippen molar-refractivity contribution in [3.8, 4) is 11.4 Å². The van der Waals surface area contributed by atoms with Gasteiger partial charge in [0.05, 0.1) is 0 Å². The first-order chi connectivity index (χ1) is 10.2. The number of nitrogens with two attached hydrogens (primary N) is 1. The molecule has 0 radical (unpaired) electrons. The third kappa shape index (κ3) is 3.30. The molecule has 7 heteroatoms. The van der Waals surface area contributed by atoms with E-state index in [-0.39, 0.29) is 12.1 Å². The first-order valence-corrected chi connectivity index (χ1v) is 7.70. The summed E-state index contributed by atoms with van der Waals surface area (Å²) in [6.07, 6.45) is 1.95. The molecule has 1 aromatic heterocycles. The lowest BCUT2D eigenvalue weighted by Gasteiger charge is -2.31. The third-order valence-corrected chi connectivity index (χ3v) is 4.16. The molecule has 1 aliphatic heterocycles. The fraction of sp³-hybridized carbons (Fsp3) is 0.357. The van der Waals surface area contributed by atoms with Crippen LogP contribution in [0.3, 0.4) is 0 Å². The zero-order valence-electron chi connectivity index (χ0n) is 11.5. The minimum Gasteiger partial charge on any atom is -0.356 e. The Morgan fingerprint density at radius 1 is 1.38 bits per heavy atom. The van der Waals surface area contributed by atoms with Crippen LogP contribution in [0.15, 0.2) is 30.3 Å². The number of nitrogens with zero attached hydrogens (tertiary/aromatic N) is 3. The van der Waals surface area contributed by atoms with Crippen LogP contribution in [0.2, 0.25) is 0 Å². The van der Waals surface area contributed by atoms with Crippen molar-refractivity contribution in [1.29, 1.82) is 0 Å². The highest BCUT2D eigenvalue weighted by Crippen LogP contribution is 2.22. The van der Waals surface area contributed by atoms with Crippen LogP contribution in [0.1, 0.15) is 12.8 Å². The van der Waals surface area contributed by atoms with Gasteiger partial charge >= 0.3 is 6.03 Å². The van der Waals surface area contributed by atoms with E-state index in [1.165, 1.54) is 11.5 Å². The number of rotatable bonds is 3. The number of hydrogen-bond donors (Lipinski definition) is 2. The molecule has 1 unspecified atom stereocenters. The fourth-order valence-corrected chi connectivity index (χ4v) is 3.12. The summed E-state index contributed by atoms with van der Waals surface area (Å²) in [5.74, 6) is 0.727. The molecular weight excluding hydrogens is 286 g/mol. The van der Waals surface area contributed by atoms with Crippen molar-refractivity contribution in [2.45, 2.75) is 18.9 Å². The summed E-state index contributed by atoms with van der Waals surface area (Å²) in [4.78, 5) is 17.4. The smallest absolute Gasteiger partial charge is 0.314 e. The number of primary amides is 1. The predicted molar refractivity (Wildman–Crippen MR) is 83.1 cm³/mol. The highest BCUT2D eigenvalue weighted by Gasteiger charge is 2.22.